The number of nitrogens with one attached hydrogen (secondary N) is 1. The van der Waals surface area contributed by atoms with E-state index >= 15 is 0 Å². The van der Waals surface area contributed by atoms with E-state index in [1.807, 2.05) is 0 Å². The van der Waals surface area contributed by atoms with Crippen LogP contribution in [0.2, 0.25) is 0 Å². The lowest BCUT2D eigenvalue weighted by atomic mass is 10.2. The molecule has 1 heterocycles. The third kappa shape index (κ3) is 4.40. The summed E-state index contributed by atoms with van der Waals surface area (Å²) in [5.41, 5.74) is 0.0985. The number of benzene rings is 1. The van der Waals surface area contributed by atoms with Gasteiger partial charge in [0.2, 0.25) is 0 Å². The van der Waals surface area contributed by atoms with Crippen molar-refractivity contribution in [2.45, 2.75) is 19.3 Å². The number of piperidine rings is 1. The van der Waals surface area contributed by atoms with Crippen LogP contribution < -0.4 is 5.32 Å². The fourth-order valence-electron chi connectivity index (χ4n) is 1.42. The van der Waals surface area contributed by atoms with Gasteiger partial charge in [0, 0.05) is 6.07 Å². The Bertz CT molecular complexity index is 326. The highest BCUT2D eigenvalue weighted by Crippen LogP contribution is 2.15. The van der Waals surface area contributed by atoms with Crippen LogP contribution >= 0.6 is 0 Å². The number of aldehydes is 1. The predicted molar refractivity (Wildman–Crippen MR) is 60.2 cm³/mol. The molecule has 0 unspecified atom stereocenters. The first-order valence-electron chi connectivity index (χ1n) is 5.38. The van der Waals surface area contributed by atoms with Crippen molar-refractivity contribution in [2.75, 3.05) is 13.1 Å². The number of halogens is 1. The van der Waals surface area contributed by atoms with Crippen LogP contribution in [0.5, 0.6) is 5.75 Å². The monoisotopic (exact) mass is 225 g/mol. The zero-order chi connectivity index (χ0) is 11.8. The Labute approximate surface area is 94.3 Å². The summed E-state index contributed by atoms with van der Waals surface area (Å²) < 4.78 is 12.2. The van der Waals surface area contributed by atoms with E-state index in [1.165, 1.54) is 38.4 Å². The molecule has 1 aromatic carbocycles. The number of hydrogen-bond donors (Lipinski definition) is 2. The fourth-order valence-corrected chi connectivity index (χ4v) is 1.42. The summed E-state index contributed by atoms with van der Waals surface area (Å²) in [6.07, 6.45) is 4.68. The minimum absolute atomic E-state index is 0.0985. The van der Waals surface area contributed by atoms with E-state index in [2.05, 4.69) is 5.32 Å². The van der Waals surface area contributed by atoms with Gasteiger partial charge in [-0.2, -0.15) is 0 Å². The lowest BCUT2D eigenvalue weighted by molar-refractivity contribution is 0.112. The second-order valence-electron chi connectivity index (χ2n) is 3.63. The van der Waals surface area contributed by atoms with Crippen LogP contribution in [-0.2, 0) is 0 Å². The molecule has 0 bridgehead atoms. The van der Waals surface area contributed by atoms with E-state index in [0.29, 0.717) is 6.29 Å². The van der Waals surface area contributed by atoms with Gasteiger partial charge in [-0.3, -0.25) is 4.79 Å². The molecule has 0 spiro atoms. The summed E-state index contributed by atoms with van der Waals surface area (Å²) in [6, 6.07) is 3.23. The number of carbonyl (C=O) groups excluding carboxylic acids is 1. The van der Waals surface area contributed by atoms with Crippen molar-refractivity contribution < 1.29 is 14.3 Å². The average molecular weight is 225 g/mol. The maximum absolute atomic E-state index is 12.2. The smallest absolute Gasteiger partial charge is 0.153 e. The maximum atomic E-state index is 12.2. The molecule has 1 aliphatic rings. The van der Waals surface area contributed by atoms with Gasteiger partial charge in [-0.1, -0.05) is 6.42 Å². The van der Waals surface area contributed by atoms with Crippen LogP contribution in [0.15, 0.2) is 18.2 Å². The molecule has 88 valence electrons. The van der Waals surface area contributed by atoms with E-state index in [-0.39, 0.29) is 11.3 Å². The molecule has 0 aromatic heterocycles. The summed E-state index contributed by atoms with van der Waals surface area (Å²) in [5, 5.41) is 12.1. The predicted octanol–water partition coefficient (Wildman–Crippen LogP) is 2.10. The van der Waals surface area contributed by atoms with Crippen molar-refractivity contribution in [3.8, 4) is 5.75 Å². The van der Waals surface area contributed by atoms with E-state index in [9.17, 15) is 9.18 Å². The highest BCUT2D eigenvalue weighted by molar-refractivity contribution is 5.78. The molecular formula is C12H16FNO2. The molecule has 1 aliphatic heterocycles. The minimum atomic E-state index is -0.553. The Hall–Kier alpha value is -1.42. The van der Waals surface area contributed by atoms with Gasteiger partial charge in [-0.05, 0) is 38.1 Å². The second kappa shape index (κ2) is 6.95. The van der Waals surface area contributed by atoms with E-state index in [0.717, 1.165) is 12.1 Å². The van der Waals surface area contributed by atoms with Gasteiger partial charge in [0.25, 0.3) is 0 Å². The van der Waals surface area contributed by atoms with Gasteiger partial charge in [0.1, 0.15) is 11.6 Å². The molecule has 0 aliphatic carbocycles. The summed E-state index contributed by atoms with van der Waals surface area (Å²) in [6.45, 7) is 2.50. The quantitative estimate of drug-likeness (QED) is 0.720. The summed E-state index contributed by atoms with van der Waals surface area (Å²) in [5.74, 6) is -0.877. The number of carbonyl (C=O) groups is 1. The number of hydrogen-bond acceptors (Lipinski definition) is 3. The number of aromatic hydroxyl groups is 1. The number of phenolic OH excluding ortho intramolecular Hbond substituents is 1. The molecule has 3 nitrogen and oxygen atoms in total. The molecular weight excluding hydrogens is 209 g/mol. The van der Waals surface area contributed by atoms with E-state index < -0.39 is 5.82 Å². The second-order valence-corrected chi connectivity index (χ2v) is 3.63. The molecule has 0 amide bonds. The van der Waals surface area contributed by atoms with Gasteiger partial charge in [-0.15, -0.1) is 0 Å². The van der Waals surface area contributed by atoms with Gasteiger partial charge in [0.15, 0.2) is 6.29 Å². The largest absolute Gasteiger partial charge is 0.507 e. The van der Waals surface area contributed by atoms with Crippen molar-refractivity contribution in [3.63, 3.8) is 0 Å². The zero-order valence-corrected chi connectivity index (χ0v) is 9.08. The van der Waals surface area contributed by atoms with Crippen molar-refractivity contribution in [2.24, 2.45) is 0 Å². The number of phenols is 1. The van der Waals surface area contributed by atoms with Gasteiger partial charge in [0.05, 0.1) is 5.56 Å². The van der Waals surface area contributed by atoms with Crippen molar-refractivity contribution in [3.05, 3.63) is 29.6 Å². The molecule has 1 aromatic rings. The Morgan fingerprint density at radius 2 is 1.94 bits per heavy atom. The van der Waals surface area contributed by atoms with Crippen LogP contribution in [0.4, 0.5) is 4.39 Å². The Balaban J connectivity index is 0.000000181. The molecule has 0 saturated carbocycles. The fraction of sp³-hybridized carbons (Fsp3) is 0.417. The molecule has 2 rings (SSSR count). The SMILES string of the molecule is C1CCNCC1.O=Cc1ccc(F)cc1O. The van der Waals surface area contributed by atoms with Crippen LogP contribution in [0.3, 0.4) is 0 Å². The van der Waals surface area contributed by atoms with Crippen molar-refractivity contribution >= 4 is 6.29 Å². The lowest BCUT2D eigenvalue weighted by Gasteiger charge is -2.08. The van der Waals surface area contributed by atoms with Crippen LogP contribution in [-0.4, -0.2) is 24.5 Å². The molecule has 0 radical (unpaired) electrons. The first kappa shape index (κ1) is 12.6. The van der Waals surface area contributed by atoms with Gasteiger partial charge < -0.3 is 10.4 Å². The van der Waals surface area contributed by atoms with Crippen molar-refractivity contribution in [1.82, 2.24) is 5.32 Å². The highest BCUT2D eigenvalue weighted by atomic mass is 19.1. The molecule has 0 atom stereocenters. The van der Waals surface area contributed by atoms with Crippen LogP contribution in [0.25, 0.3) is 0 Å². The summed E-state index contributed by atoms with van der Waals surface area (Å²) in [4.78, 5) is 10.1. The molecule has 1 fully saturated rings. The van der Waals surface area contributed by atoms with Crippen LogP contribution in [0, 0.1) is 5.82 Å². The van der Waals surface area contributed by atoms with Gasteiger partial charge >= 0.3 is 0 Å². The molecule has 2 N–H and O–H groups in total. The first-order chi connectivity index (χ1) is 7.74. The van der Waals surface area contributed by atoms with Crippen LogP contribution in [0.1, 0.15) is 29.6 Å². The standard InChI is InChI=1S/C7H5FO2.C5H11N/c8-6-2-1-5(4-9)7(10)3-6;1-2-4-6-5-3-1/h1-4,10H;6H,1-5H2. The summed E-state index contributed by atoms with van der Waals surface area (Å²) in [7, 11) is 0. The Morgan fingerprint density at radius 3 is 2.31 bits per heavy atom. The zero-order valence-electron chi connectivity index (χ0n) is 9.08. The minimum Gasteiger partial charge on any atom is -0.507 e. The average Bonchev–Trinajstić information content (AvgIpc) is 2.32. The third-order valence-electron chi connectivity index (χ3n) is 2.33. The maximum Gasteiger partial charge on any atom is 0.153 e. The number of rotatable bonds is 1. The summed E-state index contributed by atoms with van der Waals surface area (Å²) >= 11 is 0. The normalized spacial score (nSPS) is 14.8. The Kier molecular flexibility index (Phi) is 5.50. The highest BCUT2D eigenvalue weighted by Gasteiger charge is 1.99. The topological polar surface area (TPSA) is 49.3 Å². The molecule has 1 saturated heterocycles. The molecule has 4 heteroatoms. The van der Waals surface area contributed by atoms with Crippen molar-refractivity contribution in [1.29, 1.82) is 0 Å². The lowest BCUT2D eigenvalue weighted by Crippen LogP contribution is -2.21. The van der Waals surface area contributed by atoms with E-state index in [4.69, 9.17) is 5.11 Å². The third-order valence-corrected chi connectivity index (χ3v) is 2.33. The van der Waals surface area contributed by atoms with E-state index in [1.54, 1.807) is 0 Å². The Morgan fingerprint density at radius 1 is 1.25 bits per heavy atom. The first-order valence-corrected chi connectivity index (χ1v) is 5.38. The van der Waals surface area contributed by atoms with Gasteiger partial charge in [-0.25, -0.2) is 4.39 Å². The molecule has 16 heavy (non-hydrogen) atoms.